The number of urea groups is 1. The molecule has 5 N–H and O–H groups in total. The fourth-order valence-electron chi connectivity index (χ4n) is 1.67. The van der Waals surface area contributed by atoms with Crippen LogP contribution in [0.3, 0.4) is 0 Å². The van der Waals surface area contributed by atoms with Gasteiger partial charge in [-0.1, -0.05) is 13.8 Å². The van der Waals surface area contributed by atoms with Gasteiger partial charge in [0.05, 0.1) is 17.9 Å². The van der Waals surface area contributed by atoms with Crippen molar-refractivity contribution in [3.63, 3.8) is 0 Å². The Labute approximate surface area is 131 Å². The summed E-state index contributed by atoms with van der Waals surface area (Å²) in [6.07, 6.45) is -0.153. The predicted molar refractivity (Wildman–Crippen MR) is 75.8 cm³/mol. The molecule has 0 rings (SSSR count). The highest BCUT2D eigenvalue weighted by Gasteiger charge is 2.27. The third-order valence-corrected chi connectivity index (χ3v) is 3.12. The van der Waals surface area contributed by atoms with Crippen LogP contribution in [-0.4, -0.2) is 57.6 Å². The first-order chi connectivity index (χ1) is 10.6. The van der Waals surface area contributed by atoms with Gasteiger partial charge < -0.3 is 30.7 Å². The average molecular weight is 332 g/mol. The van der Waals surface area contributed by atoms with Crippen LogP contribution in [0.1, 0.15) is 26.7 Å². The van der Waals surface area contributed by atoms with Crippen molar-refractivity contribution in [3.05, 3.63) is 0 Å². The molecule has 0 bridgehead atoms. The zero-order chi connectivity index (χ0) is 18.2. The smallest absolute Gasteiger partial charge is 0.326 e. The van der Waals surface area contributed by atoms with Crippen molar-refractivity contribution in [3.8, 4) is 0 Å². The normalized spacial score (nSPS) is 15.6. The van der Waals surface area contributed by atoms with E-state index in [0.717, 1.165) is 0 Å². The Morgan fingerprint density at radius 1 is 0.870 bits per heavy atom. The van der Waals surface area contributed by atoms with Crippen molar-refractivity contribution in [1.82, 2.24) is 10.6 Å². The van der Waals surface area contributed by atoms with Crippen LogP contribution in [0.15, 0.2) is 0 Å². The van der Waals surface area contributed by atoms with Crippen molar-refractivity contribution in [2.24, 2.45) is 11.8 Å². The fraction of sp³-hybridized carbons (Fsp3) is 0.615. The minimum atomic E-state index is -1.45. The maximum absolute atomic E-state index is 11.7. The van der Waals surface area contributed by atoms with Gasteiger partial charge in [-0.05, 0) is 12.8 Å². The lowest BCUT2D eigenvalue weighted by Gasteiger charge is -2.19. The van der Waals surface area contributed by atoms with Crippen LogP contribution in [0.2, 0.25) is 0 Å². The maximum atomic E-state index is 11.7. The molecule has 0 saturated heterocycles. The summed E-state index contributed by atoms with van der Waals surface area (Å²) in [5.74, 6) is -5.65. The van der Waals surface area contributed by atoms with Gasteiger partial charge in [-0.3, -0.25) is 9.59 Å². The zero-order valence-corrected chi connectivity index (χ0v) is 12.7. The van der Waals surface area contributed by atoms with Gasteiger partial charge in [-0.15, -0.1) is 0 Å². The highest BCUT2D eigenvalue weighted by Crippen LogP contribution is 2.08. The van der Waals surface area contributed by atoms with Crippen molar-refractivity contribution < 1.29 is 39.3 Å². The molecule has 23 heavy (non-hydrogen) atoms. The fourth-order valence-corrected chi connectivity index (χ4v) is 1.67. The van der Waals surface area contributed by atoms with E-state index >= 15 is 0 Å². The van der Waals surface area contributed by atoms with Crippen LogP contribution in [0.5, 0.6) is 0 Å². The molecular weight excluding hydrogens is 312 g/mol. The van der Waals surface area contributed by atoms with Gasteiger partial charge in [-0.25, -0.2) is 9.59 Å². The van der Waals surface area contributed by atoms with Gasteiger partial charge in [0.1, 0.15) is 12.3 Å². The Morgan fingerprint density at radius 3 is 1.74 bits per heavy atom. The number of carboxylic acid groups (broad SMARTS) is 3. The Morgan fingerprint density at radius 2 is 1.35 bits per heavy atom. The monoisotopic (exact) mass is 332 g/mol. The Kier molecular flexibility index (Phi) is 8.30. The third kappa shape index (κ3) is 7.79. The van der Waals surface area contributed by atoms with Crippen LogP contribution in [-0.2, 0) is 19.2 Å². The lowest BCUT2D eigenvalue weighted by atomic mass is 10.0. The summed E-state index contributed by atoms with van der Waals surface area (Å²) >= 11 is 0. The summed E-state index contributed by atoms with van der Waals surface area (Å²) in [6.45, 7) is 2.65. The number of carbonyl (C=O) groups excluding carboxylic acids is 2. The molecule has 0 aliphatic heterocycles. The molecule has 4 atom stereocenters. The summed E-state index contributed by atoms with van der Waals surface area (Å²) in [4.78, 5) is 55.0. The van der Waals surface area contributed by atoms with Crippen molar-refractivity contribution in [2.45, 2.75) is 38.8 Å². The first-order valence-corrected chi connectivity index (χ1v) is 6.79. The number of carbonyl (C=O) groups is 5. The van der Waals surface area contributed by atoms with Gasteiger partial charge in [0.15, 0.2) is 0 Å². The largest absolute Gasteiger partial charge is 0.481 e. The van der Waals surface area contributed by atoms with E-state index in [0.29, 0.717) is 6.29 Å². The van der Waals surface area contributed by atoms with Gasteiger partial charge in [0.25, 0.3) is 0 Å². The molecule has 10 heteroatoms. The number of aldehydes is 1. The van der Waals surface area contributed by atoms with Crippen molar-refractivity contribution >= 4 is 30.2 Å². The van der Waals surface area contributed by atoms with Gasteiger partial charge in [0.2, 0.25) is 0 Å². The topological polar surface area (TPSA) is 170 Å². The standard InChI is InChI=1S/C13H20N2O8/c1-6(10(17)18)3-8(5-16)14-13(23)15-9(12(21)22)4-7(2)11(19)20/h5-9H,3-4H2,1-2H3,(H,17,18)(H,19,20)(H,21,22)(H2,14,15,23)/t6-,7-,8+,9+/m1/s1. The molecule has 0 aliphatic carbocycles. The number of carboxylic acids is 3. The lowest BCUT2D eigenvalue weighted by Crippen LogP contribution is -2.50. The number of hydrogen-bond donors (Lipinski definition) is 5. The molecule has 0 saturated carbocycles. The molecule has 0 heterocycles. The second-order valence-corrected chi connectivity index (χ2v) is 5.20. The minimum absolute atomic E-state index is 0.157. The lowest BCUT2D eigenvalue weighted by molar-refractivity contribution is -0.144. The van der Waals surface area contributed by atoms with Crippen LogP contribution < -0.4 is 10.6 Å². The number of rotatable bonds is 10. The molecule has 10 nitrogen and oxygen atoms in total. The second kappa shape index (κ2) is 9.38. The molecule has 0 aromatic rings. The molecule has 0 unspecified atom stereocenters. The van der Waals surface area contributed by atoms with Gasteiger partial charge >= 0.3 is 23.9 Å². The molecule has 0 spiro atoms. The van der Waals surface area contributed by atoms with Crippen molar-refractivity contribution in [1.29, 1.82) is 0 Å². The van der Waals surface area contributed by atoms with E-state index < -0.39 is 47.9 Å². The molecule has 0 aromatic heterocycles. The molecule has 2 amide bonds. The highest BCUT2D eigenvalue weighted by atomic mass is 16.4. The number of nitrogens with one attached hydrogen (secondary N) is 2. The molecule has 0 aliphatic rings. The summed E-state index contributed by atoms with van der Waals surface area (Å²) in [6, 6.07) is -3.55. The Bertz CT molecular complexity index is 479. The molecule has 130 valence electrons. The first-order valence-electron chi connectivity index (χ1n) is 6.79. The number of hydrogen-bond acceptors (Lipinski definition) is 5. The number of aliphatic carboxylic acids is 3. The summed E-state index contributed by atoms with van der Waals surface area (Å²) in [5.41, 5.74) is 0. The second-order valence-electron chi connectivity index (χ2n) is 5.20. The molecular formula is C13H20N2O8. The Balaban J connectivity index is 4.67. The summed E-state index contributed by atoms with van der Waals surface area (Å²) in [5, 5.41) is 30.7. The average Bonchev–Trinajstić information content (AvgIpc) is 2.44. The number of amides is 2. The first kappa shape index (κ1) is 20.3. The van der Waals surface area contributed by atoms with Crippen LogP contribution >= 0.6 is 0 Å². The Hall–Kier alpha value is -2.65. The quantitative estimate of drug-likeness (QED) is 0.334. The van der Waals surface area contributed by atoms with Gasteiger partial charge in [0, 0.05) is 0 Å². The summed E-state index contributed by atoms with van der Waals surface area (Å²) in [7, 11) is 0. The maximum Gasteiger partial charge on any atom is 0.326 e. The zero-order valence-electron chi connectivity index (χ0n) is 12.7. The highest BCUT2D eigenvalue weighted by molar-refractivity contribution is 5.84. The van der Waals surface area contributed by atoms with E-state index in [-0.39, 0.29) is 12.8 Å². The van der Waals surface area contributed by atoms with E-state index in [9.17, 15) is 24.0 Å². The van der Waals surface area contributed by atoms with Gasteiger partial charge in [-0.2, -0.15) is 0 Å². The van der Waals surface area contributed by atoms with Crippen molar-refractivity contribution in [2.75, 3.05) is 0 Å². The van der Waals surface area contributed by atoms with E-state index in [4.69, 9.17) is 15.3 Å². The van der Waals surface area contributed by atoms with E-state index in [1.807, 2.05) is 0 Å². The predicted octanol–water partition coefficient (Wildman–Crippen LogP) is -0.472. The van der Waals surface area contributed by atoms with E-state index in [1.54, 1.807) is 0 Å². The SMILES string of the molecule is C[C@H](C[C@@H](C=O)NC(=O)N[C@@H](C[C@@H](C)C(=O)O)C(=O)O)C(=O)O. The van der Waals surface area contributed by atoms with E-state index in [2.05, 4.69) is 10.6 Å². The van der Waals surface area contributed by atoms with E-state index in [1.165, 1.54) is 13.8 Å². The molecule has 0 radical (unpaired) electrons. The van der Waals surface area contributed by atoms with Crippen LogP contribution in [0, 0.1) is 11.8 Å². The summed E-state index contributed by atoms with van der Waals surface area (Å²) < 4.78 is 0. The molecule has 0 aromatic carbocycles. The minimum Gasteiger partial charge on any atom is -0.481 e. The third-order valence-electron chi connectivity index (χ3n) is 3.12. The molecule has 0 fully saturated rings. The van der Waals surface area contributed by atoms with Crippen LogP contribution in [0.4, 0.5) is 4.79 Å². The van der Waals surface area contributed by atoms with Crippen LogP contribution in [0.25, 0.3) is 0 Å².